The number of hydrogen-bond donors (Lipinski definition) is 0. The third-order valence-electron chi connectivity index (χ3n) is 4.48. The molecule has 2 rings (SSSR count). The van der Waals surface area contributed by atoms with Crippen molar-refractivity contribution in [3.8, 4) is 0 Å². The van der Waals surface area contributed by atoms with Crippen LogP contribution in [0.4, 0.5) is 0 Å². The lowest BCUT2D eigenvalue weighted by molar-refractivity contribution is -0.421. The largest absolute Gasteiger partial charge is 0.373 e. The Kier molecular flexibility index (Phi) is 8.36. The second-order valence-electron chi connectivity index (χ2n) is 7.14. The van der Waals surface area contributed by atoms with Crippen molar-refractivity contribution in [2.75, 3.05) is 0 Å². The number of carbonyl (C=O) groups excluding carboxylic acids is 2. The Balaban J connectivity index is 1.98. The van der Waals surface area contributed by atoms with E-state index in [0.717, 1.165) is 35.1 Å². The van der Waals surface area contributed by atoms with Crippen molar-refractivity contribution < 1.29 is 29.1 Å². The predicted molar refractivity (Wildman–Crippen MR) is 108 cm³/mol. The minimum Gasteiger partial charge on any atom is -0.290 e. The molecule has 0 unspecified atom stereocenters. The fourth-order valence-corrected chi connectivity index (χ4v) is 2.68. The smallest absolute Gasteiger partial charge is 0.290 e. The fourth-order valence-electron chi connectivity index (χ4n) is 2.68. The zero-order chi connectivity index (χ0) is 21.4. The van der Waals surface area contributed by atoms with E-state index < -0.39 is 18.2 Å². The summed E-state index contributed by atoms with van der Waals surface area (Å²) in [6.45, 7) is 9.40. The molecule has 0 saturated heterocycles. The van der Waals surface area contributed by atoms with Crippen molar-refractivity contribution in [3.05, 3.63) is 69.8 Å². The lowest BCUT2D eigenvalue weighted by Gasteiger charge is -2.16. The SMILES string of the molecule is CCCCC(OOC(=O)c1cc(C)ccc1C)OOC(=O)c1cc(C)ccc1C. The molecule has 0 fully saturated rings. The Morgan fingerprint density at radius 3 is 1.66 bits per heavy atom. The van der Waals surface area contributed by atoms with Gasteiger partial charge in [-0.1, -0.05) is 48.7 Å². The van der Waals surface area contributed by atoms with Gasteiger partial charge in [0.05, 0.1) is 11.1 Å². The van der Waals surface area contributed by atoms with E-state index in [-0.39, 0.29) is 0 Å². The third-order valence-corrected chi connectivity index (χ3v) is 4.48. The van der Waals surface area contributed by atoms with Crippen LogP contribution in [0.2, 0.25) is 0 Å². The van der Waals surface area contributed by atoms with Gasteiger partial charge in [0, 0.05) is 6.42 Å². The Hall–Kier alpha value is -2.70. The third kappa shape index (κ3) is 6.69. The van der Waals surface area contributed by atoms with E-state index in [2.05, 4.69) is 0 Å². The molecule has 0 bridgehead atoms. The molecule has 29 heavy (non-hydrogen) atoms. The number of hydrogen-bond acceptors (Lipinski definition) is 6. The van der Waals surface area contributed by atoms with Gasteiger partial charge < -0.3 is 0 Å². The summed E-state index contributed by atoms with van der Waals surface area (Å²) < 4.78 is 0. The summed E-state index contributed by atoms with van der Waals surface area (Å²) in [7, 11) is 0. The molecule has 2 aromatic rings. The molecular weight excluding hydrogens is 372 g/mol. The summed E-state index contributed by atoms with van der Waals surface area (Å²) in [6.07, 6.45) is 1.00. The molecule has 0 radical (unpaired) electrons. The van der Waals surface area contributed by atoms with Gasteiger partial charge in [-0.2, -0.15) is 0 Å². The first-order valence-corrected chi connectivity index (χ1v) is 9.71. The number of unbranched alkanes of at least 4 members (excludes halogenated alkanes) is 1. The molecule has 0 N–H and O–H groups in total. The minimum atomic E-state index is -1.02. The van der Waals surface area contributed by atoms with Crippen molar-refractivity contribution in [1.82, 2.24) is 0 Å². The Morgan fingerprint density at radius 1 is 0.793 bits per heavy atom. The van der Waals surface area contributed by atoms with E-state index in [0.29, 0.717) is 17.5 Å². The van der Waals surface area contributed by atoms with Gasteiger partial charge in [0.2, 0.25) is 6.29 Å². The van der Waals surface area contributed by atoms with Crippen LogP contribution in [0.25, 0.3) is 0 Å². The molecule has 0 saturated carbocycles. The summed E-state index contributed by atoms with van der Waals surface area (Å²) in [4.78, 5) is 44.8. The number of carbonyl (C=O) groups is 2. The predicted octanol–water partition coefficient (Wildman–Crippen LogP) is 5.31. The summed E-state index contributed by atoms with van der Waals surface area (Å²) in [5.41, 5.74) is 4.24. The van der Waals surface area contributed by atoms with E-state index in [1.165, 1.54) is 0 Å². The number of rotatable bonds is 9. The first-order chi connectivity index (χ1) is 13.8. The van der Waals surface area contributed by atoms with Crippen LogP contribution in [0.15, 0.2) is 36.4 Å². The molecular formula is C23H28O6. The second-order valence-corrected chi connectivity index (χ2v) is 7.14. The normalized spacial score (nSPS) is 10.8. The Morgan fingerprint density at radius 2 is 1.24 bits per heavy atom. The molecule has 156 valence electrons. The number of benzene rings is 2. The summed E-state index contributed by atoms with van der Waals surface area (Å²) in [5.74, 6) is -1.26. The molecule has 6 heteroatoms. The van der Waals surface area contributed by atoms with Gasteiger partial charge in [0.25, 0.3) is 0 Å². The molecule has 0 spiro atoms. The summed E-state index contributed by atoms with van der Waals surface area (Å²) in [5, 5.41) is 0. The quantitative estimate of drug-likeness (QED) is 0.323. The molecule has 0 aliphatic heterocycles. The topological polar surface area (TPSA) is 71.1 Å². The monoisotopic (exact) mass is 400 g/mol. The average molecular weight is 400 g/mol. The summed E-state index contributed by atoms with van der Waals surface area (Å²) >= 11 is 0. The lowest BCUT2D eigenvalue weighted by atomic mass is 10.1. The van der Waals surface area contributed by atoms with Gasteiger partial charge in [-0.3, -0.25) is 9.78 Å². The van der Waals surface area contributed by atoms with Crippen LogP contribution in [0.3, 0.4) is 0 Å². The van der Waals surface area contributed by atoms with E-state index in [9.17, 15) is 9.59 Å². The van der Waals surface area contributed by atoms with Gasteiger partial charge in [0.15, 0.2) is 0 Å². The standard InChI is InChI=1S/C23H28O6/c1-6-7-8-21(26-28-22(24)19-13-15(2)9-11-17(19)4)27-29-23(25)20-14-16(3)10-12-18(20)5/h9-14,21H,6-8H2,1-5H3. The Labute approximate surface area is 171 Å². The lowest BCUT2D eigenvalue weighted by Crippen LogP contribution is -2.22. The van der Waals surface area contributed by atoms with Gasteiger partial charge in [-0.15, -0.1) is 9.78 Å². The molecule has 0 atom stereocenters. The van der Waals surface area contributed by atoms with Crippen LogP contribution < -0.4 is 0 Å². The molecule has 0 aromatic heterocycles. The highest BCUT2D eigenvalue weighted by atomic mass is 17.3. The van der Waals surface area contributed by atoms with Gasteiger partial charge in [0.1, 0.15) is 0 Å². The first-order valence-electron chi connectivity index (χ1n) is 9.71. The van der Waals surface area contributed by atoms with Gasteiger partial charge in [-0.25, -0.2) is 9.59 Å². The molecule has 6 nitrogen and oxygen atoms in total. The molecule has 2 aromatic carbocycles. The Bertz CT molecular complexity index is 791. The van der Waals surface area contributed by atoms with E-state index >= 15 is 0 Å². The van der Waals surface area contributed by atoms with Crippen molar-refractivity contribution in [1.29, 1.82) is 0 Å². The summed E-state index contributed by atoms with van der Waals surface area (Å²) in [6, 6.07) is 10.9. The van der Waals surface area contributed by atoms with Crippen LogP contribution in [0, 0.1) is 27.7 Å². The molecule has 0 heterocycles. The van der Waals surface area contributed by atoms with Crippen LogP contribution in [-0.4, -0.2) is 18.2 Å². The van der Waals surface area contributed by atoms with E-state index in [1.54, 1.807) is 12.1 Å². The van der Waals surface area contributed by atoms with Crippen LogP contribution in [0.5, 0.6) is 0 Å². The second kappa shape index (κ2) is 10.7. The zero-order valence-corrected chi connectivity index (χ0v) is 17.6. The molecule has 0 aliphatic rings. The van der Waals surface area contributed by atoms with Crippen molar-refractivity contribution in [2.45, 2.75) is 60.2 Å². The maximum atomic E-state index is 12.3. The zero-order valence-electron chi connectivity index (χ0n) is 17.6. The average Bonchev–Trinajstić information content (AvgIpc) is 2.70. The van der Waals surface area contributed by atoms with E-state index in [4.69, 9.17) is 19.6 Å². The van der Waals surface area contributed by atoms with Crippen LogP contribution in [0.1, 0.15) is 69.2 Å². The van der Waals surface area contributed by atoms with Gasteiger partial charge >= 0.3 is 11.9 Å². The first kappa shape index (κ1) is 22.6. The maximum Gasteiger partial charge on any atom is 0.373 e. The number of aryl methyl sites for hydroxylation is 4. The fraction of sp³-hybridized carbons (Fsp3) is 0.391. The van der Waals surface area contributed by atoms with Crippen LogP contribution in [-0.2, 0) is 19.6 Å². The highest BCUT2D eigenvalue weighted by Crippen LogP contribution is 2.16. The maximum absolute atomic E-state index is 12.3. The minimum absolute atomic E-state index is 0.399. The van der Waals surface area contributed by atoms with Crippen LogP contribution >= 0.6 is 0 Å². The highest BCUT2D eigenvalue weighted by Gasteiger charge is 2.21. The van der Waals surface area contributed by atoms with Gasteiger partial charge in [-0.05, 0) is 57.4 Å². The van der Waals surface area contributed by atoms with Crippen molar-refractivity contribution in [2.24, 2.45) is 0 Å². The van der Waals surface area contributed by atoms with E-state index in [1.807, 2.05) is 58.9 Å². The van der Waals surface area contributed by atoms with Crippen molar-refractivity contribution in [3.63, 3.8) is 0 Å². The molecule has 0 aliphatic carbocycles. The highest BCUT2D eigenvalue weighted by molar-refractivity contribution is 5.91. The molecule has 0 amide bonds. The van der Waals surface area contributed by atoms with Crippen molar-refractivity contribution >= 4 is 11.9 Å².